The summed E-state index contributed by atoms with van der Waals surface area (Å²) in [4.78, 5) is 37.9. The number of pyridine rings is 1. The number of aryl methyl sites for hydroxylation is 1. The van der Waals surface area contributed by atoms with E-state index >= 15 is 0 Å². The Hall–Kier alpha value is -2.36. The van der Waals surface area contributed by atoms with Crippen LogP contribution in [0.3, 0.4) is 0 Å². The van der Waals surface area contributed by atoms with E-state index in [1.165, 1.54) is 11.3 Å². The van der Waals surface area contributed by atoms with Gasteiger partial charge in [0.25, 0.3) is 5.91 Å². The van der Waals surface area contributed by atoms with Gasteiger partial charge in [-0.25, -0.2) is 9.97 Å². The molecule has 3 aromatic rings. The van der Waals surface area contributed by atoms with Crippen LogP contribution in [-0.4, -0.2) is 60.0 Å². The number of carbonyl (C=O) groups excluding carboxylic acids is 2. The Morgan fingerprint density at radius 1 is 1.40 bits per heavy atom. The Morgan fingerprint density at radius 2 is 2.27 bits per heavy atom. The summed E-state index contributed by atoms with van der Waals surface area (Å²) in [5, 5.41) is 6.85. The lowest BCUT2D eigenvalue weighted by Crippen LogP contribution is -2.30. The van der Waals surface area contributed by atoms with E-state index < -0.39 is 0 Å². The Balaban J connectivity index is 1.54. The van der Waals surface area contributed by atoms with Crippen molar-refractivity contribution in [3.63, 3.8) is 0 Å². The van der Waals surface area contributed by atoms with E-state index in [1.54, 1.807) is 24.6 Å². The smallest absolute Gasteiger partial charge is 0.261 e. The first kappa shape index (κ1) is 20.9. The summed E-state index contributed by atoms with van der Waals surface area (Å²) in [6.07, 6.45) is 2.91. The number of amides is 2. The predicted octanol–water partition coefficient (Wildman–Crippen LogP) is 3.00. The monoisotopic (exact) mass is 444 g/mol. The number of carbonyl (C=O) groups is 2. The second-order valence-corrected chi connectivity index (χ2v) is 9.37. The molecule has 1 N–H and O–H groups in total. The van der Waals surface area contributed by atoms with Crippen LogP contribution in [0.15, 0.2) is 23.7 Å². The molecule has 1 saturated heterocycles. The van der Waals surface area contributed by atoms with Gasteiger partial charge >= 0.3 is 0 Å². The minimum atomic E-state index is -0.104. The number of aromatic nitrogens is 2. The second-order valence-electron chi connectivity index (χ2n) is 7.31. The quantitative estimate of drug-likeness (QED) is 0.567. The third-order valence-electron chi connectivity index (χ3n) is 5.25. The molecule has 1 aliphatic rings. The van der Waals surface area contributed by atoms with Gasteiger partial charge in [0.1, 0.15) is 4.83 Å². The van der Waals surface area contributed by atoms with E-state index in [9.17, 15) is 9.59 Å². The fraction of sp³-hybridized carbons (Fsp3) is 0.429. The Kier molecular flexibility index (Phi) is 6.40. The van der Waals surface area contributed by atoms with E-state index in [0.29, 0.717) is 37.5 Å². The molecular weight excluding hydrogens is 420 g/mol. The Labute approximate surface area is 183 Å². The SMILES string of the molecule is COCCNC(=O)c1sc2ncccc2c1[C@@H]1CCN(C(=O)Cc2csc(C)n2)C1. The van der Waals surface area contributed by atoms with E-state index in [4.69, 9.17) is 4.74 Å². The van der Waals surface area contributed by atoms with Crippen LogP contribution in [0.1, 0.15) is 38.3 Å². The predicted molar refractivity (Wildman–Crippen MR) is 118 cm³/mol. The van der Waals surface area contributed by atoms with Gasteiger partial charge in [0.15, 0.2) is 0 Å². The second kappa shape index (κ2) is 9.20. The zero-order valence-electron chi connectivity index (χ0n) is 17.0. The molecule has 1 fully saturated rings. The first-order chi connectivity index (χ1) is 14.6. The summed E-state index contributed by atoms with van der Waals surface area (Å²) < 4.78 is 5.04. The van der Waals surface area contributed by atoms with Crippen LogP contribution in [-0.2, 0) is 16.0 Å². The maximum atomic E-state index is 12.9. The molecule has 4 rings (SSSR count). The topological polar surface area (TPSA) is 84.4 Å². The van der Waals surface area contributed by atoms with Crippen LogP contribution in [0.25, 0.3) is 10.2 Å². The zero-order valence-corrected chi connectivity index (χ0v) is 18.6. The average Bonchev–Trinajstić information content (AvgIpc) is 3.45. The fourth-order valence-corrected chi connectivity index (χ4v) is 5.61. The van der Waals surface area contributed by atoms with Gasteiger partial charge < -0.3 is 15.0 Å². The van der Waals surface area contributed by atoms with E-state index in [-0.39, 0.29) is 17.7 Å². The van der Waals surface area contributed by atoms with Gasteiger partial charge in [0.2, 0.25) is 5.91 Å². The van der Waals surface area contributed by atoms with Crippen molar-refractivity contribution in [2.75, 3.05) is 33.4 Å². The number of fused-ring (bicyclic) bond motifs is 1. The molecule has 30 heavy (non-hydrogen) atoms. The van der Waals surface area contributed by atoms with Crippen molar-refractivity contribution in [3.8, 4) is 0 Å². The summed E-state index contributed by atoms with van der Waals surface area (Å²) in [5.74, 6) is 0.103. The molecule has 0 aromatic carbocycles. The molecule has 1 atom stereocenters. The van der Waals surface area contributed by atoms with Crippen molar-refractivity contribution < 1.29 is 14.3 Å². The molecule has 0 spiro atoms. The molecule has 7 nitrogen and oxygen atoms in total. The number of thiophene rings is 1. The molecule has 158 valence electrons. The number of hydrogen-bond donors (Lipinski definition) is 1. The van der Waals surface area contributed by atoms with Crippen molar-refractivity contribution in [3.05, 3.63) is 44.9 Å². The lowest BCUT2D eigenvalue weighted by Gasteiger charge is -2.17. The third-order valence-corrected chi connectivity index (χ3v) is 7.20. The number of likely N-dealkylation sites (tertiary alicyclic amines) is 1. The van der Waals surface area contributed by atoms with E-state index in [2.05, 4.69) is 15.3 Å². The summed E-state index contributed by atoms with van der Waals surface area (Å²) in [5.41, 5.74) is 1.84. The highest BCUT2D eigenvalue weighted by Crippen LogP contribution is 2.39. The molecule has 0 aliphatic carbocycles. The number of nitrogens with zero attached hydrogens (tertiary/aromatic N) is 3. The highest BCUT2D eigenvalue weighted by molar-refractivity contribution is 7.20. The van der Waals surface area contributed by atoms with Crippen LogP contribution >= 0.6 is 22.7 Å². The standard InChI is InChI=1S/C21H24N4O3S2/c1-13-24-15(12-29-13)10-17(26)25-8-5-14(11-25)18-16-4-3-6-23-21(16)30-19(18)20(27)22-7-9-28-2/h3-4,6,12,14H,5,7-11H2,1-2H3,(H,22,27)/t14-/m1/s1. The molecule has 0 radical (unpaired) electrons. The average molecular weight is 445 g/mol. The maximum Gasteiger partial charge on any atom is 0.261 e. The lowest BCUT2D eigenvalue weighted by molar-refractivity contribution is -0.129. The van der Waals surface area contributed by atoms with Crippen molar-refractivity contribution in [1.29, 1.82) is 0 Å². The van der Waals surface area contributed by atoms with Crippen molar-refractivity contribution in [2.45, 2.75) is 25.7 Å². The summed E-state index contributed by atoms with van der Waals surface area (Å²) in [7, 11) is 1.61. The Bertz CT molecular complexity index is 1060. The molecule has 1 aliphatic heterocycles. The fourth-order valence-electron chi connectivity index (χ4n) is 3.85. The molecule has 0 bridgehead atoms. The van der Waals surface area contributed by atoms with Gasteiger partial charge in [-0.1, -0.05) is 6.07 Å². The molecule has 0 unspecified atom stereocenters. The number of nitrogens with one attached hydrogen (secondary N) is 1. The summed E-state index contributed by atoms with van der Waals surface area (Å²) in [6.45, 7) is 4.17. The Morgan fingerprint density at radius 3 is 3.03 bits per heavy atom. The molecule has 0 saturated carbocycles. The van der Waals surface area contributed by atoms with Gasteiger partial charge in [-0.05, 0) is 25.0 Å². The number of rotatable bonds is 7. The van der Waals surface area contributed by atoms with E-state index in [1.807, 2.05) is 29.3 Å². The number of methoxy groups -OCH3 is 1. The van der Waals surface area contributed by atoms with Gasteiger partial charge in [-0.2, -0.15) is 0 Å². The first-order valence-electron chi connectivity index (χ1n) is 9.90. The van der Waals surface area contributed by atoms with Gasteiger partial charge in [0, 0.05) is 49.6 Å². The highest BCUT2D eigenvalue weighted by atomic mass is 32.1. The van der Waals surface area contributed by atoms with Crippen LogP contribution in [0.5, 0.6) is 0 Å². The van der Waals surface area contributed by atoms with Crippen molar-refractivity contribution >= 4 is 44.7 Å². The summed E-state index contributed by atoms with van der Waals surface area (Å²) >= 11 is 2.98. The number of ether oxygens (including phenoxy) is 1. The molecule has 9 heteroatoms. The van der Waals surface area contributed by atoms with Crippen LogP contribution < -0.4 is 5.32 Å². The molecule has 3 aromatic heterocycles. The minimum absolute atomic E-state index is 0.0894. The van der Waals surface area contributed by atoms with Crippen LogP contribution in [0, 0.1) is 6.92 Å². The molecule has 2 amide bonds. The number of hydrogen-bond acceptors (Lipinski definition) is 7. The largest absolute Gasteiger partial charge is 0.383 e. The van der Waals surface area contributed by atoms with Gasteiger partial charge in [-0.3, -0.25) is 9.59 Å². The van der Waals surface area contributed by atoms with Crippen molar-refractivity contribution in [1.82, 2.24) is 20.2 Å². The minimum Gasteiger partial charge on any atom is -0.383 e. The normalized spacial score (nSPS) is 16.3. The van der Waals surface area contributed by atoms with Gasteiger partial charge in [0.05, 0.1) is 28.6 Å². The lowest BCUT2D eigenvalue weighted by atomic mass is 9.95. The van der Waals surface area contributed by atoms with Crippen molar-refractivity contribution in [2.24, 2.45) is 0 Å². The molecular formula is C21H24N4O3S2. The third kappa shape index (κ3) is 4.38. The van der Waals surface area contributed by atoms with Crippen LogP contribution in [0.2, 0.25) is 0 Å². The van der Waals surface area contributed by atoms with Crippen LogP contribution in [0.4, 0.5) is 0 Å². The molecule has 4 heterocycles. The van der Waals surface area contributed by atoms with E-state index in [0.717, 1.165) is 32.9 Å². The summed E-state index contributed by atoms with van der Waals surface area (Å²) in [6, 6.07) is 3.91. The maximum absolute atomic E-state index is 12.9. The van der Waals surface area contributed by atoms with Gasteiger partial charge in [-0.15, -0.1) is 22.7 Å². The highest BCUT2D eigenvalue weighted by Gasteiger charge is 2.33. The first-order valence-corrected chi connectivity index (χ1v) is 11.6. The zero-order chi connectivity index (χ0) is 21.1. The number of thiazole rings is 1.